The van der Waals surface area contributed by atoms with Gasteiger partial charge in [0.15, 0.2) is 0 Å². The van der Waals surface area contributed by atoms with Crippen LogP contribution in [0.15, 0.2) is 39.7 Å². The Morgan fingerprint density at radius 2 is 2.09 bits per heavy atom. The number of H-pyrrole nitrogens is 1. The summed E-state index contributed by atoms with van der Waals surface area (Å²) in [5.41, 5.74) is -0.156. The number of rotatable bonds is 6. The van der Waals surface area contributed by atoms with E-state index in [9.17, 15) is 9.59 Å². The van der Waals surface area contributed by atoms with Crippen molar-refractivity contribution < 1.29 is 9.53 Å². The number of benzene rings is 1. The van der Waals surface area contributed by atoms with Gasteiger partial charge in [0.1, 0.15) is 11.4 Å². The molecule has 0 aliphatic rings. The maximum Gasteiger partial charge on any atom is 0.271 e. The van der Waals surface area contributed by atoms with Crippen molar-refractivity contribution in [2.75, 3.05) is 11.9 Å². The average Bonchev–Trinajstić information content (AvgIpc) is 2.49. The molecular weight excluding hydrogens is 407 g/mol. The molecule has 2 N–H and O–H groups in total. The number of halogens is 3. The van der Waals surface area contributed by atoms with Crippen LogP contribution in [0, 0.1) is 0 Å². The van der Waals surface area contributed by atoms with E-state index in [2.05, 4.69) is 26.2 Å². The van der Waals surface area contributed by atoms with Crippen LogP contribution < -0.4 is 15.6 Å². The molecule has 0 aliphatic heterocycles. The van der Waals surface area contributed by atoms with Gasteiger partial charge in [0.25, 0.3) is 5.56 Å². The van der Waals surface area contributed by atoms with Crippen molar-refractivity contribution in [2.45, 2.75) is 12.8 Å². The number of aromatic nitrogens is 1. The highest BCUT2D eigenvalue weighted by Crippen LogP contribution is 2.27. The van der Waals surface area contributed by atoms with E-state index in [1.807, 2.05) is 0 Å². The van der Waals surface area contributed by atoms with Gasteiger partial charge in [-0.2, -0.15) is 0 Å². The lowest BCUT2D eigenvalue weighted by Gasteiger charge is -2.08. The second kappa shape index (κ2) is 8.38. The summed E-state index contributed by atoms with van der Waals surface area (Å²) < 4.78 is 6.16. The van der Waals surface area contributed by atoms with Crippen molar-refractivity contribution in [1.82, 2.24) is 4.98 Å². The topological polar surface area (TPSA) is 71.2 Å². The van der Waals surface area contributed by atoms with Crippen molar-refractivity contribution in [3.05, 3.63) is 55.3 Å². The van der Waals surface area contributed by atoms with E-state index in [4.69, 9.17) is 27.9 Å². The molecule has 0 saturated heterocycles. The van der Waals surface area contributed by atoms with Crippen LogP contribution in [0.25, 0.3) is 0 Å². The molecule has 2 aromatic rings. The Bertz CT molecular complexity index is 765. The van der Waals surface area contributed by atoms with Gasteiger partial charge in [-0.1, -0.05) is 23.2 Å². The molecular formula is C15H13BrCl2N2O3. The highest BCUT2D eigenvalue weighted by atomic mass is 79.9. The zero-order valence-electron chi connectivity index (χ0n) is 11.9. The minimum atomic E-state index is -0.356. The third-order valence-corrected chi connectivity index (χ3v) is 3.83. The summed E-state index contributed by atoms with van der Waals surface area (Å²) in [6, 6.07) is 6.48. The summed E-state index contributed by atoms with van der Waals surface area (Å²) in [5.74, 6) is 0.249. The number of ether oxygens (including phenoxy) is 1. The zero-order chi connectivity index (χ0) is 16.8. The molecule has 1 heterocycles. The van der Waals surface area contributed by atoms with Crippen molar-refractivity contribution in [1.29, 1.82) is 0 Å². The number of hydrogen-bond donors (Lipinski definition) is 2. The van der Waals surface area contributed by atoms with Gasteiger partial charge in [-0.3, -0.25) is 9.59 Å². The lowest BCUT2D eigenvalue weighted by Crippen LogP contribution is -2.19. The predicted molar refractivity (Wildman–Crippen MR) is 94.6 cm³/mol. The van der Waals surface area contributed by atoms with Crippen LogP contribution in [0.1, 0.15) is 12.8 Å². The number of aromatic amines is 1. The molecule has 1 aromatic heterocycles. The van der Waals surface area contributed by atoms with E-state index >= 15 is 0 Å². The van der Waals surface area contributed by atoms with E-state index in [1.165, 1.54) is 6.20 Å². The van der Waals surface area contributed by atoms with Crippen LogP contribution in [0.5, 0.6) is 5.75 Å². The third kappa shape index (κ3) is 5.57. The monoisotopic (exact) mass is 418 g/mol. The molecule has 23 heavy (non-hydrogen) atoms. The summed E-state index contributed by atoms with van der Waals surface area (Å²) in [4.78, 5) is 25.9. The molecule has 0 saturated carbocycles. The molecule has 2 rings (SSSR count). The van der Waals surface area contributed by atoms with Gasteiger partial charge in [0.05, 0.1) is 11.6 Å². The molecule has 8 heteroatoms. The first-order chi connectivity index (χ1) is 11.0. The fourth-order valence-electron chi connectivity index (χ4n) is 1.77. The van der Waals surface area contributed by atoms with Crippen LogP contribution >= 0.6 is 39.1 Å². The Balaban J connectivity index is 1.79. The molecule has 0 fully saturated rings. The van der Waals surface area contributed by atoms with E-state index in [-0.39, 0.29) is 23.6 Å². The molecule has 0 aliphatic carbocycles. The third-order valence-electron chi connectivity index (χ3n) is 2.84. The first kappa shape index (κ1) is 17.8. The smallest absolute Gasteiger partial charge is 0.271 e. The Morgan fingerprint density at radius 3 is 2.83 bits per heavy atom. The summed E-state index contributed by atoms with van der Waals surface area (Å²) >= 11 is 15.0. The first-order valence-electron chi connectivity index (χ1n) is 6.71. The van der Waals surface area contributed by atoms with Crippen LogP contribution in [0.4, 0.5) is 5.69 Å². The summed E-state index contributed by atoms with van der Waals surface area (Å²) in [6.45, 7) is 0.323. The maximum absolute atomic E-state index is 11.8. The van der Waals surface area contributed by atoms with Gasteiger partial charge in [-0.15, -0.1) is 0 Å². The summed E-state index contributed by atoms with van der Waals surface area (Å²) in [5, 5.41) is 3.50. The molecule has 0 atom stereocenters. The average molecular weight is 420 g/mol. The number of hydrogen-bond acceptors (Lipinski definition) is 3. The molecule has 1 amide bonds. The predicted octanol–water partition coefficient (Wildman–Crippen LogP) is 4.24. The van der Waals surface area contributed by atoms with Gasteiger partial charge in [-0.25, -0.2) is 0 Å². The van der Waals surface area contributed by atoms with Gasteiger partial charge >= 0.3 is 0 Å². The van der Waals surface area contributed by atoms with E-state index in [0.717, 1.165) is 0 Å². The number of amides is 1. The second-order valence-electron chi connectivity index (χ2n) is 4.64. The Kier molecular flexibility index (Phi) is 6.50. The molecule has 0 spiro atoms. The second-order valence-corrected chi connectivity index (χ2v) is 6.39. The molecule has 0 bridgehead atoms. The maximum atomic E-state index is 11.8. The number of carbonyl (C=O) groups excluding carboxylic acids is 1. The molecule has 122 valence electrons. The van der Waals surface area contributed by atoms with E-state index in [1.54, 1.807) is 24.3 Å². The van der Waals surface area contributed by atoms with E-state index in [0.29, 0.717) is 33.3 Å². The molecule has 0 radical (unpaired) electrons. The minimum Gasteiger partial charge on any atom is -0.492 e. The van der Waals surface area contributed by atoms with Crippen molar-refractivity contribution in [2.24, 2.45) is 0 Å². The van der Waals surface area contributed by atoms with Gasteiger partial charge in [-0.05, 0) is 46.6 Å². The lowest BCUT2D eigenvalue weighted by molar-refractivity contribution is -0.116. The molecule has 1 aromatic carbocycles. The van der Waals surface area contributed by atoms with E-state index < -0.39 is 0 Å². The Labute approximate surface area is 151 Å². The lowest BCUT2D eigenvalue weighted by atomic mass is 10.3. The molecule has 0 unspecified atom stereocenters. The van der Waals surface area contributed by atoms with Gasteiger partial charge < -0.3 is 15.0 Å². The van der Waals surface area contributed by atoms with Crippen molar-refractivity contribution >= 4 is 50.7 Å². The summed E-state index contributed by atoms with van der Waals surface area (Å²) in [7, 11) is 0. The van der Waals surface area contributed by atoms with Crippen LogP contribution in [0.3, 0.4) is 0 Å². The van der Waals surface area contributed by atoms with Crippen LogP contribution in [-0.4, -0.2) is 17.5 Å². The van der Waals surface area contributed by atoms with Crippen LogP contribution in [0.2, 0.25) is 10.0 Å². The largest absolute Gasteiger partial charge is 0.492 e. The zero-order valence-corrected chi connectivity index (χ0v) is 15.0. The summed E-state index contributed by atoms with van der Waals surface area (Å²) in [6.07, 6.45) is 2.20. The number of carbonyl (C=O) groups is 1. The Hall–Kier alpha value is -1.50. The van der Waals surface area contributed by atoms with Gasteiger partial charge in [0, 0.05) is 22.1 Å². The first-order valence-corrected chi connectivity index (χ1v) is 8.26. The normalized spacial score (nSPS) is 10.4. The van der Waals surface area contributed by atoms with Crippen molar-refractivity contribution in [3.63, 3.8) is 0 Å². The minimum absolute atomic E-state index is 0.200. The quantitative estimate of drug-likeness (QED) is 0.687. The van der Waals surface area contributed by atoms with Gasteiger partial charge in [0.2, 0.25) is 5.91 Å². The van der Waals surface area contributed by atoms with Crippen LogP contribution in [-0.2, 0) is 4.79 Å². The standard InChI is InChI=1S/C15H13BrCl2N2O3/c16-9-6-12(15(22)19-8-9)20-14(21)2-1-5-23-13-4-3-10(17)7-11(13)18/h3-4,6-8H,1-2,5H2,(H,19,22)(H,20,21). The number of pyridine rings is 1. The number of nitrogens with one attached hydrogen (secondary N) is 2. The highest BCUT2D eigenvalue weighted by molar-refractivity contribution is 9.10. The fraction of sp³-hybridized carbons (Fsp3) is 0.200. The SMILES string of the molecule is O=C(CCCOc1ccc(Cl)cc1Cl)Nc1cc(Br)c[nH]c1=O. The molecule has 5 nitrogen and oxygen atoms in total. The highest BCUT2D eigenvalue weighted by Gasteiger charge is 2.07. The van der Waals surface area contributed by atoms with Crippen molar-refractivity contribution in [3.8, 4) is 5.75 Å². The fourth-order valence-corrected chi connectivity index (χ4v) is 2.58. The Morgan fingerprint density at radius 1 is 1.30 bits per heavy atom. The number of anilines is 1.